The molecule has 19 heavy (non-hydrogen) atoms. The lowest BCUT2D eigenvalue weighted by molar-refractivity contribution is 1.29. The lowest BCUT2D eigenvalue weighted by Crippen LogP contribution is -1.98. The van der Waals surface area contributed by atoms with Crippen LogP contribution >= 0.6 is 11.6 Å². The highest BCUT2D eigenvalue weighted by molar-refractivity contribution is 6.31. The van der Waals surface area contributed by atoms with Crippen LogP contribution in [0, 0.1) is 0 Å². The SMILES string of the molecule is CNc1ccc(Cl)cc1C(=C(C)C)c1cccnc1. The molecule has 0 saturated heterocycles. The van der Waals surface area contributed by atoms with E-state index in [9.17, 15) is 0 Å². The first-order valence-corrected chi connectivity index (χ1v) is 6.57. The molecule has 2 nitrogen and oxygen atoms in total. The number of allylic oxidation sites excluding steroid dienone is 1. The van der Waals surface area contributed by atoms with Crippen molar-refractivity contribution in [3.05, 3.63) is 64.4 Å². The van der Waals surface area contributed by atoms with Gasteiger partial charge in [0.25, 0.3) is 0 Å². The van der Waals surface area contributed by atoms with Gasteiger partial charge in [-0.15, -0.1) is 0 Å². The maximum atomic E-state index is 6.14. The first-order valence-electron chi connectivity index (χ1n) is 6.19. The van der Waals surface area contributed by atoms with Gasteiger partial charge in [0.05, 0.1) is 0 Å². The Morgan fingerprint density at radius 2 is 2.00 bits per heavy atom. The van der Waals surface area contributed by atoms with E-state index in [1.165, 1.54) is 11.1 Å². The number of nitrogens with zero attached hydrogens (tertiary/aromatic N) is 1. The smallest absolute Gasteiger partial charge is 0.0418 e. The lowest BCUT2D eigenvalue weighted by Gasteiger charge is -2.15. The van der Waals surface area contributed by atoms with E-state index in [0.29, 0.717) is 0 Å². The predicted molar refractivity (Wildman–Crippen MR) is 82.6 cm³/mol. The maximum absolute atomic E-state index is 6.14. The van der Waals surface area contributed by atoms with Gasteiger partial charge in [-0.25, -0.2) is 0 Å². The van der Waals surface area contributed by atoms with Gasteiger partial charge in [-0.1, -0.05) is 23.2 Å². The molecule has 1 aromatic carbocycles. The van der Waals surface area contributed by atoms with Crippen LogP contribution < -0.4 is 5.32 Å². The molecular weight excluding hydrogens is 256 g/mol. The summed E-state index contributed by atoms with van der Waals surface area (Å²) in [6, 6.07) is 9.89. The molecule has 1 N–H and O–H groups in total. The second kappa shape index (κ2) is 5.89. The van der Waals surface area contributed by atoms with E-state index >= 15 is 0 Å². The van der Waals surface area contributed by atoms with Crippen LogP contribution in [0.15, 0.2) is 48.3 Å². The van der Waals surface area contributed by atoms with Crippen LogP contribution in [0.3, 0.4) is 0 Å². The molecule has 0 aliphatic carbocycles. The van der Waals surface area contributed by atoms with Crippen molar-refractivity contribution in [1.82, 2.24) is 4.98 Å². The Kier molecular flexibility index (Phi) is 4.23. The first kappa shape index (κ1) is 13.6. The van der Waals surface area contributed by atoms with Crippen LogP contribution in [0.1, 0.15) is 25.0 Å². The van der Waals surface area contributed by atoms with E-state index < -0.39 is 0 Å². The minimum atomic E-state index is 0.733. The molecule has 2 aromatic rings. The number of pyridine rings is 1. The quantitative estimate of drug-likeness (QED) is 0.882. The fraction of sp³-hybridized carbons (Fsp3) is 0.188. The van der Waals surface area contributed by atoms with Gasteiger partial charge < -0.3 is 5.32 Å². The molecule has 0 aliphatic rings. The molecule has 98 valence electrons. The third-order valence-corrected chi connectivity index (χ3v) is 3.21. The number of hydrogen-bond donors (Lipinski definition) is 1. The van der Waals surface area contributed by atoms with Crippen LogP contribution in [0.5, 0.6) is 0 Å². The van der Waals surface area contributed by atoms with Crippen molar-refractivity contribution in [2.24, 2.45) is 0 Å². The summed E-state index contributed by atoms with van der Waals surface area (Å²) in [5, 5.41) is 3.95. The van der Waals surface area contributed by atoms with Crippen LogP contribution in [-0.2, 0) is 0 Å². The third-order valence-electron chi connectivity index (χ3n) is 2.97. The molecule has 0 fully saturated rings. The Hall–Kier alpha value is -1.80. The Morgan fingerprint density at radius 3 is 2.58 bits per heavy atom. The van der Waals surface area contributed by atoms with Gasteiger partial charge in [-0.3, -0.25) is 4.98 Å². The zero-order valence-electron chi connectivity index (χ0n) is 11.4. The second-order valence-corrected chi connectivity index (χ2v) is 4.99. The molecule has 0 amide bonds. The van der Waals surface area contributed by atoms with E-state index in [1.807, 2.05) is 37.5 Å². The van der Waals surface area contributed by atoms with Gasteiger partial charge in [0.1, 0.15) is 0 Å². The molecule has 1 heterocycles. The van der Waals surface area contributed by atoms with Gasteiger partial charge in [0.15, 0.2) is 0 Å². The van der Waals surface area contributed by atoms with Crippen molar-refractivity contribution in [2.45, 2.75) is 13.8 Å². The van der Waals surface area contributed by atoms with Gasteiger partial charge in [-0.05, 0) is 43.7 Å². The zero-order valence-corrected chi connectivity index (χ0v) is 12.1. The van der Waals surface area contributed by atoms with E-state index in [-0.39, 0.29) is 0 Å². The molecule has 0 atom stereocenters. The Balaban J connectivity index is 2.66. The van der Waals surface area contributed by atoms with Crippen LogP contribution in [0.25, 0.3) is 5.57 Å². The number of halogens is 1. The van der Waals surface area contributed by atoms with Crippen molar-refractivity contribution in [1.29, 1.82) is 0 Å². The van der Waals surface area contributed by atoms with Gasteiger partial charge >= 0.3 is 0 Å². The highest BCUT2D eigenvalue weighted by Gasteiger charge is 2.11. The number of anilines is 1. The second-order valence-electron chi connectivity index (χ2n) is 4.56. The van der Waals surface area contributed by atoms with Crippen molar-refractivity contribution >= 4 is 22.9 Å². The summed E-state index contributed by atoms with van der Waals surface area (Å²) >= 11 is 6.14. The molecule has 3 heteroatoms. The van der Waals surface area contributed by atoms with Crippen molar-refractivity contribution in [3.8, 4) is 0 Å². The molecule has 0 aliphatic heterocycles. The summed E-state index contributed by atoms with van der Waals surface area (Å²) in [5.74, 6) is 0. The van der Waals surface area contributed by atoms with E-state index in [4.69, 9.17) is 11.6 Å². The van der Waals surface area contributed by atoms with Gasteiger partial charge in [-0.2, -0.15) is 0 Å². The fourth-order valence-corrected chi connectivity index (χ4v) is 2.34. The lowest BCUT2D eigenvalue weighted by atomic mass is 9.94. The minimum absolute atomic E-state index is 0.733. The largest absolute Gasteiger partial charge is 0.388 e. The summed E-state index contributed by atoms with van der Waals surface area (Å²) in [4.78, 5) is 4.20. The molecule has 0 saturated carbocycles. The highest BCUT2D eigenvalue weighted by Crippen LogP contribution is 2.33. The third kappa shape index (κ3) is 2.96. The Morgan fingerprint density at radius 1 is 1.21 bits per heavy atom. The van der Waals surface area contributed by atoms with Crippen molar-refractivity contribution < 1.29 is 0 Å². The van der Waals surface area contributed by atoms with Gasteiger partial charge in [0, 0.05) is 41.3 Å². The number of benzene rings is 1. The molecule has 0 unspecified atom stereocenters. The topological polar surface area (TPSA) is 24.9 Å². The van der Waals surface area contributed by atoms with Gasteiger partial charge in [0.2, 0.25) is 0 Å². The summed E-state index contributed by atoms with van der Waals surface area (Å²) in [5.41, 5.74) is 5.65. The normalized spacial score (nSPS) is 10.1. The van der Waals surface area contributed by atoms with E-state index in [2.05, 4.69) is 30.2 Å². The molecule has 0 spiro atoms. The molecule has 1 aromatic heterocycles. The highest BCUT2D eigenvalue weighted by atomic mass is 35.5. The fourth-order valence-electron chi connectivity index (χ4n) is 2.17. The van der Waals surface area contributed by atoms with Crippen molar-refractivity contribution in [2.75, 3.05) is 12.4 Å². The summed E-state index contributed by atoms with van der Waals surface area (Å²) < 4.78 is 0. The molecule has 0 radical (unpaired) electrons. The maximum Gasteiger partial charge on any atom is 0.0418 e. The van der Waals surface area contributed by atoms with Crippen molar-refractivity contribution in [3.63, 3.8) is 0 Å². The standard InChI is InChI=1S/C16H17ClN2/c1-11(2)16(12-5-4-8-19-10-12)14-9-13(17)6-7-15(14)18-3/h4-10,18H,1-3H3. The van der Waals surface area contributed by atoms with Crippen LogP contribution in [0.4, 0.5) is 5.69 Å². The molecule has 2 rings (SSSR count). The van der Waals surface area contributed by atoms with E-state index in [1.54, 1.807) is 6.20 Å². The van der Waals surface area contributed by atoms with Crippen LogP contribution in [0.2, 0.25) is 5.02 Å². The summed E-state index contributed by atoms with van der Waals surface area (Å²) in [6.45, 7) is 4.20. The van der Waals surface area contributed by atoms with Crippen LogP contribution in [-0.4, -0.2) is 12.0 Å². The Labute approximate surface area is 119 Å². The average molecular weight is 273 g/mol. The average Bonchev–Trinajstić information content (AvgIpc) is 2.40. The molecular formula is C16H17ClN2. The van der Waals surface area contributed by atoms with E-state index in [0.717, 1.165) is 21.8 Å². The minimum Gasteiger partial charge on any atom is -0.388 e. The molecule has 0 bridgehead atoms. The number of hydrogen-bond acceptors (Lipinski definition) is 2. The first-order chi connectivity index (χ1) is 9.13. The number of rotatable bonds is 3. The summed E-state index contributed by atoms with van der Waals surface area (Å²) in [6.07, 6.45) is 3.66. The number of nitrogens with one attached hydrogen (secondary N) is 1. The summed E-state index contributed by atoms with van der Waals surface area (Å²) in [7, 11) is 1.92. The zero-order chi connectivity index (χ0) is 13.8. The monoisotopic (exact) mass is 272 g/mol. The predicted octanol–water partition coefficient (Wildman–Crippen LogP) is 4.62. The Bertz CT molecular complexity index is 599. The number of aromatic nitrogens is 1.